The number of aromatic hydroxyl groups is 1. The van der Waals surface area contributed by atoms with Crippen molar-refractivity contribution in [2.75, 3.05) is 37.7 Å². The van der Waals surface area contributed by atoms with Gasteiger partial charge in [-0.3, -0.25) is 9.59 Å². The minimum atomic E-state index is -0.465. The van der Waals surface area contributed by atoms with Crippen LogP contribution in [0.2, 0.25) is 5.02 Å². The Morgan fingerprint density at radius 1 is 1.00 bits per heavy atom. The number of nitrogens with zero attached hydrogens (tertiary/aromatic N) is 5. The summed E-state index contributed by atoms with van der Waals surface area (Å²) in [6, 6.07) is 17.1. The van der Waals surface area contributed by atoms with Crippen LogP contribution in [0.25, 0.3) is 10.8 Å². The fourth-order valence-electron chi connectivity index (χ4n) is 4.25. The standard InChI is InChI=1S/C28H25ClN6O4/c29-23-16-19(6-8-24(23)36)27(38)33-32-17-20-7-9-25(22-5-2-1-4-21(20)22)39-18-26(37)34-12-14-35(15-13-34)28-30-10-3-11-31-28/h1-11,16-17,36H,12-15,18H2,(H,33,38). The predicted octanol–water partition coefficient (Wildman–Crippen LogP) is 3.48. The largest absolute Gasteiger partial charge is 0.506 e. The van der Waals surface area contributed by atoms with Crippen molar-refractivity contribution in [3.8, 4) is 11.5 Å². The lowest BCUT2D eigenvalue weighted by atomic mass is 10.0. The van der Waals surface area contributed by atoms with Crippen LogP contribution in [-0.2, 0) is 4.79 Å². The number of hydrogen-bond donors (Lipinski definition) is 2. The highest BCUT2D eigenvalue weighted by Gasteiger charge is 2.23. The first-order valence-corrected chi connectivity index (χ1v) is 12.6. The van der Waals surface area contributed by atoms with E-state index in [0.29, 0.717) is 37.9 Å². The number of hydrazone groups is 1. The summed E-state index contributed by atoms with van der Waals surface area (Å²) in [4.78, 5) is 37.6. The molecule has 5 rings (SSSR count). The molecule has 2 heterocycles. The second kappa shape index (κ2) is 11.8. The van der Waals surface area contributed by atoms with Crippen molar-refractivity contribution in [2.24, 2.45) is 5.10 Å². The Bertz CT molecular complexity index is 1520. The minimum Gasteiger partial charge on any atom is -0.506 e. The van der Waals surface area contributed by atoms with Crippen molar-refractivity contribution in [1.29, 1.82) is 0 Å². The normalized spacial score (nSPS) is 13.6. The molecule has 0 unspecified atom stereocenters. The van der Waals surface area contributed by atoms with Gasteiger partial charge in [-0.2, -0.15) is 5.10 Å². The van der Waals surface area contributed by atoms with Crippen LogP contribution in [-0.4, -0.2) is 70.8 Å². The lowest BCUT2D eigenvalue weighted by Crippen LogP contribution is -2.50. The van der Waals surface area contributed by atoms with Crippen molar-refractivity contribution < 1.29 is 19.4 Å². The molecule has 1 aromatic heterocycles. The third-order valence-electron chi connectivity index (χ3n) is 6.32. The van der Waals surface area contributed by atoms with E-state index in [0.717, 1.165) is 16.3 Å². The SMILES string of the molecule is O=C(NN=Cc1ccc(OCC(=O)N2CCN(c3ncccn3)CC2)c2ccccc12)c1ccc(O)c(Cl)c1. The minimum absolute atomic E-state index is 0.0789. The van der Waals surface area contributed by atoms with Crippen LogP contribution in [0, 0.1) is 0 Å². The number of aromatic nitrogens is 2. The van der Waals surface area contributed by atoms with E-state index in [-0.39, 0.29) is 28.8 Å². The van der Waals surface area contributed by atoms with Gasteiger partial charge in [0.1, 0.15) is 11.5 Å². The molecule has 10 nitrogen and oxygen atoms in total. The first-order valence-electron chi connectivity index (χ1n) is 12.3. The van der Waals surface area contributed by atoms with E-state index in [1.807, 2.05) is 30.3 Å². The fraction of sp³-hybridized carbons (Fsp3) is 0.179. The number of ether oxygens (including phenoxy) is 1. The van der Waals surface area contributed by atoms with Gasteiger partial charge in [0.2, 0.25) is 5.95 Å². The molecule has 0 radical (unpaired) electrons. The molecule has 4 aromatic rings. The number of carbonyl (C=O) groups is 2. The Morgan fingerprint density at radius 3 is 2.49 bits per heavy atom. The number of nitrogens with one attached hydrogen (secondary N) is 1. The Kier molecular flexibility index (Phi) is 7.83. The topological polar surface area (TPSA) is 120 Å². The Morgan fingerprint density at radius 2 is 1.74 bits per heavy atom. The highest BCUT2D eigenvalue weighted by atomic mass is 35.5. The highest BCUT2D eigenvalue weighted by molar-refractivity contribution is 6.32. The summed E-state index contributed by atoms with van der Waals surface area (Å²) in [5.74, 6) is 0.590. The third kappa shape index (κ3) is 6.07. The molecule has 2 amide bonds. The summed E-state index contributed by atoms with van der Waals surface area (Å²) >= 11 is 5.88. The smallest absolute Gasteiger partial charge is 0.271 e. The molecular weight excluding hydrogens is 520 g/mol. The lowest BCUT2D eigenvalue weighted by Gasteiger charge is -2.34. The lowest BCUT2D eigenvalue weighted by molar-refractivity contribution is -0.133. The highest BCUT2D eigenvalue weighted by Crippen LogP contribution is 2.28. The number of benzene rings is 3. The molecule has 1 aliphatic rings. The second-order valence-corrected chi connectivity index (χ2v) is 9.18. The van der Waals surface area contributed by atoms with E-state index in [9.17, 15) is 14.7 Å². The van der Waals surface area contributed by atoms with E-state index >= 15 is 0 Å². The maximum Gasteiger partial charge on any atom is 0.271 e. The molecule has 2 N–H and O–H groups in total. The van der Waals surface area contributed by atoms with Crippen LogP contribution < -0.4 is 15.1 Å². The number of phenolic OH excluding ortho intramolecular Hbond substituents is 1. The summed E-state index contributed by atoms with van der Waals surface area (Å²) < 4.78 is 5.95. The number of phenols is 1. The van der Waals surface area contributed by atoms with Gasteiger partial charge in [-0.1, -0.05) is 35.9 Å². The maximum atomic E-state index is 12.8. The molecule has 0 atom stereocenters. The second-order valence-electron chi connectivity index (χ2n) is 8.77. The van der Waals surface area contributed by atoms with E-state index in [1.165, 1.54) is 24.4 Å². The van der Waals surface area contributed by atoms with E-state index < -0.39 is 5.91 Å². The van der Waals surface area contributed by atoms with Crippen molar-refractivity contribution in [3.63, 3.8) is 0 Å². The van der Waals surface area contributed by atoms with Gasteiger partial charge in [0.25, 0.3) is 11.8 Å². The molecule has 3 aromatic carbocycles. The molecule has 11 heteroatoms. The van der Waals surface area contributed by atoms with Crippen molar-refractivity contribution in [3.05, 3.63) is 89.2 Å². The molecule has 198 valence electrons. The molecular formula is C28H25ClN6O4. The number of fused-ring (bicyclic) bond motifs is 1. The molecule has 1 fully saturated rings. The monoisotopic (exact) mass is 544 g/mol. The number of amides is 2. The van der Waals surface area contributed by atoms with Crippen molar-refractivity contribution in [2.45, 2.75) is 0 Å². The van der Waals surface area contributed by atoms with Gasteiger partial charge in [0.05, 0.1) is 11.2 Å². The fourth-order valence-corrected chi connectivity index (χ4v) is 4.43. The van der Waals surface area contributed by atoms with Gasteiger partial charge in [-0.25, -0.2) is 15.4 Å². The van der Waals surface area contributed by atoms with Gasteiger partial charge in [-0.15, -0.1) is 0 Å². The molecule has 0 aliphatic carbocycles. The number of halogens is 1. The van der Waals surface area contributed by atoms with Crippen molar-refractivity contribution in [1.82, 2.24) is 20.3 Å². The molecule has 0 bridgehead atoms. The van der Waals surface area contributed by atoms with Crippen LogP contribution in [0.5, 0.6) is 11.5 Å². The van der Waals surface area contributed by atoms with Crippen LogP contribution in [0.3, 0.4) is 0 Å². The number of anilines is 1. The van der Waals surface area contributed by atoms with E-state index in [2.05, 4.69) is 25.4 Å². The third-order valence-corrected chi connectivity index (χ3v) is 6.62. The van der Waals surface area contributed by atoms with E-state index in [1.54, 1.807) is 29.4 Å². The van der Waals surface area contributed by atoms with Gasteiger partial charge in [0.15, 0.2) is 6.61 Å². The summed E-state index contributed by atoms with van der Waals surface area (Å²) in [5, 5.41) is 15.3. The maximum absolute atomic E-state index is 12.8. The number of piperazine rings is 1. The van der Waals surface area contributed by atoms with Crippen LogP contribution in [0.1, 0.15) is 15.9 Å². The Balaban J connectivity index is 1.20. The van der Waals surface area contributed by atoms with Gasteiger partial charge < -0.3 is 19.6 Å². The zero-order chi connectivity index (χ0) is 27.2. The molecule has 0 saturated carbocycles. The number of carbonyl (C=O) groups excluding carboxylic acids is 2. The number of rotatable bonds is 7. The van der Waals surface area contributed by atoms with Gasteiger partial charge in [-0.05, 0) is 41.8 Å². The molecule has 0 spiro atoms. The summed E-state index contributed by atoms with van der Waals surface area (Å²) in [6.45, 7) is 2.37. The zero-order valence-corrected chi connectivity index (χ0v) is 21.6. The van der Waals surface area contributed by atoms with Crippen molar-refractivity contribution >= 4 is 46.4 Å². The van der Waals surface area contributed by atoms with Gasteiger partial charge in [0, 0.05) is 55.1 Å². The average Bonchev–Trinajstić information content (AvgIpc) is 2.98. The quantitative estimate of drug-likeness (QED) is 0.270. The van der Waals surface area contributed by atoms with Gasteiger partial charge >= 0.3 is 0 Å². The Labute approximate surface area is 229 Å². The summed E-state index contributed by atoms with van der Waals surface area (Å²) in [7, 11) is 0. The molecule has 1 saturated heterocycles. The van der Waals surface area contributed by atoms with Crippen LogP contribution in [0.15, 0.2) is 78.2 Å². The summed E-state index contributed by atoms with van der Waals surface area (Å²) in [6.07, 6.45) is 4.95. The van der Waals surface area contributed by atoms with Crippen LogP contribution in [0.4, 0.5) is 5.95 Å². The Hall–Kier alpha value is -4.70. The summed E-state index contributed by atoms with van der Waals surface area (Å²) in [5.41, 5.74) is 3.48. The number of hydrogen-bond acceptors (Lipinski definition) is 8. The van der Waals surface area contributed by atoms with Crippen LogP contribution >= 0.6 is 11.6 Å². The first kappa shape index (κ1) is 25.9. The van der Waals surface area contributed by atoms with E-state index in [4.69, 9.17) is 16.3 Å². The predicted molar refractivity (Wildman–Crippen MR) is 148 cm³/mol. The zero-order valence-electron chi connectivity index (χ0n) is 20.8. The molecule has 39 heavy (non-hydrogen) atoms. The molecule has 1 aliphatic heterocycles. The first-order chi connectivity index (χ1) is 19.0. The average molecular weight is 545 g/mol.